The minimum atomic E-state index is 0.0845. The summed E-state index contributed by atoms with van der Waals surface area (Å²) < 4.78 is 0. The maximum atomic E-state index is 11.5. The molecule has 1 rings (SSSR count). The summed E-state index contributed by atoms with van der Waals surface area (Å²) in [7, 11) is 0. The molecule has 0 aliphatic heterocycles. The van der Waals surface area contributed by atoms with Gasteiger partial charge in [-0.3, -0.25) is 9.78 Å². The van der Waals surface area contributed by atoms with Crippen molar-refractivity contribution in [3.63, 3.8) is 0 Å². The van der Waals surface area contributed by atoms with Gasteiger partial charge in [-0.05, 0) is 25.1 Å². The SMILES string of the molecule is CC(C)NCCCC(=O)NCc1ccccn1. The highest BCUT2D eigenvalue weighted by Gasteiger charge is 2.01. The number of hydrogen-bond acceptors (Lipinski definition) is 3. The fourth-order valence-corrected chi connectivity index (χ4v) is 1.42. The molecule has 0 saturated carbocycles. The normalized spacial score (nSPS) is 10.5. The molecule has 1 amide bonds. The van der Waals surface area contributed by atoms with Crippen LogP contribution in [0.2, 0.25) is 0 Å². The Morgan fingerprint density at radius 2 is 2.24 bits per heavy atom. The lowest BCUT2D eigenvalue weighted by molar-refractivity contribution is -0.121. The van der Waals surface area contributed by atoms with Crippen LogP contribution in [0.3, 0.4) is 0 Å². The van der Waals surface area contributed by atoms with E-state index in [4.69, 9.17) is 0 Å². The number of nitrogens with zero attached hydrogens (tertiary/aromatic N) is 1. The number of pyridine rings is 1. The molecule has 0 aromatic carbocycles. The standard InChI is InChI=1S/C13H21N3O/c1-11(2)14-9-5-7-13(17)16-10-12-6-3-4-8-15-12/h3-4,6,8,11,14H,5,7,9-10H2,1-2H3,(H,16,17). The van der Waals surface area contributed by atoms with E-state index >= 15 is 0 Å². The fourth-order valence-electron chi connectivity index (χ4n) is 1.42. The van der Waals surface area contributed by atoms with Crippen LogP contribution in [0.5, 0.6) is 0 Å². The van der Waals surface area contributed by atoms with Gasteiger partial charge in [-0.2, -0.15) is 0 Å². The van der Waals surface area contributed by atoms with Gasteiger partial charge in [0.25, 0.3) is 0 Å². The quantitative estimate of drug-likeness (QED) is 0.704. The van der Waals surface area contributed by atoms with E-state index in [1.807, 2.05) is 18.2 Å². The van der Waals surface area contributed by atoms with Crippen molar-refractivity contribution in [1.29, 1.82) is 0 Å². The molecule has 0 bridgehead atoms. The topological polar surface area (TPSA) is 54.0 Å². The second kappa shape index (κ2) is 7.79. The first-order valence-corrected chi connectivity index (χ1v) is 6.08. The lowest BCUT2D eigenvalue weighted by atomic mass is 10.2. The van der Waals surface area contributed by atoms with Crippen molar-refractivity contribution in [1.82, 2.24) is 15.6 Å². The van der Waals surface area contributed by atoms with E-state index in [0.717, 1.165) is 18.7 Å². The zero-order valence-corrected chi connectivity index (χ0v) is 10.6. The number of aromatic nitrogens is 1. The molecule has 0 aliphatic carbocycles. The second-order valence-electron chi connectivity index (χ2n) is 4.31. The molecule has 4 heteroatoms. The van der Waals surface area contributed by atoms with Gasteiger partial charge < -0.3 is 10.6 Å². The minimum absolute atomic E-state index is 0.0845. The molecule has 1 aromatic heterocycles. The molecule has 94 valence electrons. The second-order valence-corrected chi connectivity index (χ2v) is 4.31. The molecule has 0 radical (unpaired) electrons. The van der Waals surface area contributed by atoms with Crippen LogP contribution >= 0.6 is 0 Å². The van der Waals surface area contributed by atoms with Crippen molar-refractivity contribution in [2.75, 3.05) is 6.54 Å². The summed E-state index contributed by atoms with van der Waals surface area (Å²) in [5.74, 6) is 0.0845. The maximum absolute atomic E-state index is 11.5. The van der Waals surface area contributed by atoms with Crippen molar-refractivity contribution in [2.45, 2.75) is 39.3 Å². The smallest absolute Gasteiger partial charge is 0.220 e. The highest BCUT2D eigenvalue weighted by molar-refractivity contribution is 5.75. The summed E-state index contributed by atoms with van der Waals surface area (Å²) >= 11 is 0. The van der Waals surface area contributed by atoms with Crippen LogP contribution in [-0.4, -0.2) is 23.5 Å². The Bertz CT molecular complexity index is 325. The summed E-state index contributed by atoms with van der Waals surface area (Å²) in [6, 6.07) is 6.16. The van der Waals surface area contributed by atoms with Crippen molar-refractivity contribution in [2.24, 2.45) is 0 Å². The maximum Gasteiger partial charge on any atom is 0.220 e. The summed E-state index contributed by atoms with van der Waals surface area (Å²) in [4.78, 5) is 15.6. The van der Waals surface area contributed by atoms with E-state index < -0.39 is 0 Å². The Morgan fingerprint density at radius 3 is 2.88 bits per heavy atom. The van der Waals surface area contributed by atoms with Crippen LogP contribution in [0.25, 0.3) is 0 Å². The molecule has 1 heterocycles. The van der Waals surface area contributed by atoms with Crippen molar-refractivity contribution in [3.8, 4) is 0 Å². The largest absolute Gasteiger partial charge is 0.350 e. The van der Waals surface area contributed by atoms with Gasteiger partial charge in [0.05, 0.1) is 12.2 Å². The van der Waals surface area contributed by atoms with Gasteiger partial charge in [0.15, 0.2) is 0 Å². The minimum Gasteiger partial charge on any atom is -0.350 e. The van der Waals surface area contributed by atoms with E-state index in [0.29, 0.717) is 19.0 Å². The van der Waals surface area contributed by atoms with Crippen molar-refractivity contribution in [3.05, 3.63) is 30.1 Å². The molecule has 0 saturated heterocycles. The lowest BCUT2D eigenvalue weighted by Crippen LogP contribution is -2.27. The van der Waals surface area contributed by atoms with Gasteiger partial charge in [-0.1, -0.05) is 19.9 Å². The third-order valence-electron chi connectivity index (χ3n) is 2.33. The van der Waals surface area contributed by atoms with Gasteiger partial charge >= 0.3 is 0 Å². The van der Waals surface area contributed by atoms with E-state index in [1.165, 1.54) is 0 Å². The molecular formula is C13H21N3O. The van der Waals surface area contributed by atoms with Crippen LogP contribution in [-0.2, 0) is 11.3 Å². The van der Waals surface area contributed by atoms with E-state index in [2.05, 4.69) is 29.5 Å². The molecule has 0 aliphatic rings. The summed E-state index contributed by atoms with van der Waals surface area (Å²) in [5.41, 5.74) is 0.890. The van der Waals surface area contributed by atoms with Crippen molar-refractivity contribution < 1.29 is 4.79 Å². The lowest BCUT2D eigenvalue weighted by Gasteiger charge is -2.08. The Labute approximate surface area is 103 Å². The summed E-state index contributed by atoms with van der Waals surface area (Å²) in [5, 5.41) is 6.14. The molecule has 0 spiro atoms. The average molecular weight is 235 g/mol. The van der Waals surface area contributed by atoms with Crippen LogP contribution in [0.4, 0.5) is 0 Å². The predicted octanol–water partition coefficient (Wildman–Crippen LogP) is 1.48. The van der Waals surface area contributed by atoms with Crippen molar-refractivity contribution >= 4 is 5.91 Å². The monoisotopic (exact) mass is 235 g/mol. The first kappa shape index (κ1) is 13.6. The summed E-state index contributed by atoms with van der Waals surface area (Å²) in [6.45, 7) is 5.59. The first-order chi connectivity index (χ1) is 8.18. The van der Waals surface area contributed by atoms with Gasteiger partial charge in [0.2, 0.25) is 5.91 Å². The molecule has 2 N–H and O–H groups in total. The van der Waals surface area contributed by atoms with Gasteiger partial charge in [-0.15, -0.1) is 0 Å². The summed E-state index contributed by atoms with van der Waals surface area (Å²) in [6.07, 6.45) is 3.16. The van der Waals surface area contributed by atoms with Gasteiger partial charge in [0, 0.05) is 18.7 Å². The third kappa shape index (κ3) is 6.68. The van der Waals surface area contributed by atoms with Crippen LogP contribution < -0.4 is 10.6 Å². The highest BCUT2D eigenvalue weighted by Crippen LogP contribution is 1.94. The number of hydrogen-bond donors (Lipinski definition) is 2. The number of amides is 1. The molecule has 0 atom stereocenters. The Hall–Kier alpha value is -1.42. The molecular weight excluding hydrogens is 214 g/mol. The first-order valence-electron chi connectivity index (χ1n) is 6.08. The molecule has 0 unspecified atom stereocenters. The van der Waals surface area contributed by atoms with E-state index in [9.17, 15) is 4.79 Å². The molecule has 0 fully saturated rings. The number of nitrogens with one attached hydrogen (secondary N) is 2. The van der Waals surface area contributed by atoms with Crippen LogP contribution in [0.1, 0.15) is 32.4 Å². The molecule has 1 aromatic rings. The number of carbonyl (C=O) groups is 1. The highest BCUT2D eigenvalue weighted by atomic mass is 16.1. The zero-order valence-electron chi connectivity index (χ0n) is 10.6. The van der Waals surface area contributed by atoms with E-state index in [1.54, 1.807) is 6.20 Å². The Kier molecular flexibility index (Phi) is 6.25. The zero-order chi connectivity index (χ0) is 12.5. The Morgan fingerprint density at radius 1 is 1.41 bits per heavy atom. The van der Waals surface area contributed by atoms with Gasteiger partial charge in [0.1, 0.15) is 0 Å². The Balaban J connectivity index is 2.09. The van der Waals surface area contributed by atoms with E-state index in [-0.39, 0.29) is 5.91 Å². The average Bonchev–Trinajstić information content (AvgIpc) is 2.33. The fraction of sp³-hybridized carbons (Fsp3) is 0.538. The van der Waals surface area contributed by atoms with Crippen LogP contribution in [0.15, 0.2) is 24.4 Å². The predicted molar refractivity (Wildman–Crippen MR) is 68.5 cm³/mol. The number of rotatable bonds is 7. The molecule has 17 heavy (non-hydrogen) atoms. The third-order valence-corrected chi connectivity index (χ3v) is 2.33. The van der Waals surface area contributed by atoms with Crippen LogP contribution in [0, 0.1) is 0 Å². The number of carbonyl (C=O) groups excluding carboxylic acids is 1. The molecule has 4 nitrogen and oxygen atoms in total. The van der Waals surface area contributed by atoms with Gasteiger partial charge in [-0.25, -0.2) is 0 Å².